The molecule has 0 heterocycles. The molecular formula is C44H32FN5. The lowest BCUT2D eigenvalue weighted by molar-refractivity contribution is 0.484. The third-order valence-corrected chi connectivity index (χ3v) is 8.77. The van der Waals surface area contributed by atoms with Crippen LogP contribution in [0.15, 0.2) is 205 Å². The SMILES string of the molecule is N#CC1C(N(c2ccccc2)c2ccccc2)=C(F)C(N(c2ccccc2)c2ccccc2)=CC1(C#N)N(c1ccccc1)c1ccccc1. The highest BCUT2D eigenvalue weighted by Gasteiger charge is 2.53. The van der Waals surface area contributed by atoms with Gasteiger partial charge in [0.25, 0.3) is 0 Å². The fraction of sp³-hybridized carbons (Fsp3) is 0.0455. The van der Waals surface area contributed by atoms with Crippen LogP contribution in [0.25, 0.3) is 0 Å². The first-order valence-electron chi connectivity index (χ1n) is 16.3. The van der Waals surface area contributed by atoms with Crippen LogP contribution in [0, 0.1) is 28.6 Å². The number of hydrogen-bond donors (Lipinski definition) is 0. The molecule has 0 saturated heterocycles. The summed E-state index contributed by atoms with van der Waals surface area (Å²) in [4.78, 5) is 5.44. The van der Waals surface area contributed by atoms with Gasteiger partial charge in [0.05, 0.1) is 23.5 Å². The minimum atomic E-state index is -1.75. The second-order valence-electron chi connectivity index (χ2n) is 11.7. The maximum Gasteiger partial charge on any atom is 0.174 e. The number of nitrogens with zero attached hydrogens (tertiary/aromatic N) is 5. The maximum absolute atomic E-state index is 18.2. The van der Waals surface area contributed by atoms with Gasteiger partial charge in [0.15, 0.2) is 11.4 Å². The Labute approximate surface area is 291 Å². The van der Waals surface area contributed by atoms with E-state index in [1.807, 2.05) is 192 Å². The second-order valence-corrected chi connectivity index (χ2v) is 11.7. The van der Waals surface area contributed by atoms with E-state index in [0.29, 0.717) is 34.1 Å². The zero-order valence-electron chi connectivity index (χ0n) is 27.1. The number of hydrogen-bond acceptors (Lipinski definition) is 5. The van der Waals surface area contributed by atoms with Crippen LogP contribution in [0.3, 0.4) is 0 Å². The number of para-hydroxylation sites is 6. The van der Waals surface area contributed by atoms with Crippen molar-refractivity contribution in [1.82, 2.24) is 0 Å². The van der Waals surface area contributed by atoms with Crippen LogP contribution in [0.4, 0.5) is 38.5 Å². The van der Waals surface area contributed by atoms with Crippen LogP contribution in [0.5, 0.6) is 0 Å². The van der Waals surface area contributed by atoms with Gasteiger partial charge in [-0.2, -0.15) is 10.5 Å². The Morgan fingerprint density at radius 2 is 0.780 bits per heavy atom. The van der Waals surface area contributed by atoms with Crippen LogP contribution < -0.4 is 14.7 Å². The third-order valence-electron chi connectivity index (χ3n) is 8.77. The molecule has 2 atom stereocenters. The minimum Gasteiger partial charge on any atom is -0.317 e. The van der Waals surface area contributed by atoms with Crippen LogP contribution >= 0.6 is 0 Å². The summed E-state index contributed by atoms with van der Waals surface area (Å²) >= 11 is 0. The first-order valence-corrected chi connectivity index (χ1v) is 16.3. The molecule has 240 valence electrons. The van der Waals surface area contributed by atoms with Gasteiger partial charge < -0.3 is 14.7 Å². The summed E-state index contributed by atoms with van der Waals surface area (Å²) in [7, 11) is 0. The zero-order valence-corrected chi connectivity index (χ0v) is 27.1. The molecule has 7 rings (SSSR count). The van der Waals surface area contributed by atoms with Crippen molar-refractivity contribution >= 4 is 34.1 Å². The van der Waals surface area contributed by atoms with Crippen molar-refractivity contribution in [3.8, 4) is 12.1 Å². The van der Waals surface area contributed by atoms with Crippen LogP contribution in [0.2, 0.25) is 0 Å². The third kappa shape index (κ3) is 5.76. The van der Waals surface area contributed by atoms with Crippen LogP contribution in [-0.2, 0) is 0 Å². The van der Waals surface area contributed by atoms with Gasteiger partial charge in [0, 0.05) is 34.1 Å². The number of rotatable bonds is 9. The molecule has 0 N–H and O–H groups in total. The van der Waals surface area contributed by atoms with E-state index in [2.05, 4.69) is 12.1 Å². The molecule has 6 heteroatoms. The van der Waals surface area contributed by atoms with Crippen molar-refractivity contribution in [3.63, 3.8) is 0 Å². The quantitative estimate of drug-likeness (QED) is 0.156. The molecule has 5 nitrogen and oxygen atoms in total. The van der Waals surface area contributed by atoms with E-state index in [4.69, 9.17) is 0 Å². The van der Waals surface area contributed by atoms with Gasteiger partial charge in [0.1, 0.15) is 5.92 Å². The number of anilines is 6. The van der Waals surface area contributed by atoms with Crippen molar-refractivity contribution in [2.45, 2.75) is 5.54 Å². The predicted octanol–water partition coefficient (Wildman–Crippen LogP) is 11.0. The summed E-state index contributed by atoms with van der Waals surface area (Å²) in [5.41, 5.74) is 2.48. The van der Waals surface area contributed by atoms with E-state index in [-0.39, 0.29) is 11.4 Å². The fourth-order valence-corrected chi connectivity index (χ4v) is 6.60. The lowest BCUT2D eigenvalue weighted by Gasteiger charge is -2.47. The van der Waals surface area contributed by atoms with Crippen LogP contribution in [-0.4, -0.2) is 5.54 Å². The molecule has 2 unspecified atom stereocenters. The standard InChI is InChI=1S/C44H32FN5/c45-42-41(48(34-19-7-1-8-20-34)35-21-9-2-10-22-35)31-44(33-47,50(38-27-15-5-16-28-38)39-29-17-6-18-30-39)40(32-46)43(42)49(36-23-11-3-12-24-36)37-25-13-4-14-26-37/h1-31,40H. The van der Waals surface area contributed by atoms with Crippen molar-refractivity contribution in [3.05, 3.63) is 205 Å². The van der Waals surface area contributed by atoms with E-state index < -0.39 is 17.3 Å². The Morgan fingerprint density at radius 3 is 1.10 bits per heavy atom. The Kier molecular flexibility index (Phi) is 8.92. The molecule has 0 saturated carbocycles. The summed E-state index contributed by atoms with van der Waals surface area (Å²) in [6.45, 7) is 0. The molecule has 0 aliphatic heterocycles. The topological polar surface area (TPSA) is 57.3 Å². The summed E-state index contributed by atoms with van der Waals surface area (Å²) in [6.07, 6.45) is 1.63. The second kappa shape index (κ2) is 14.1. The zero-order chi connectivity index (χ0) is 34.3. The van der Waals surface area contributed by atoms with Gasteiger partial charge in [-0.05, 0) is 78.9 Å². The van der Waals surface area contributed by atoms with E-state index in [0.717, 1.165) is 0 Å². The number of halogens is 1. The molecular weight excluding hydrogens is 618 g/mol. The molecule has 0 spiro atoms. The number of benzene rings is 6. The largest absolute Gasteiger partial charge is 0.317 e. The smallest absolute Gasteiger partial charge is 0.174 e. The predicted molar refractivity (Wildman–Crippen MR) is 199 cm³/mol. The minimum absolute atomic E-state index is 0.0534. The first-order chi connectivity index (χ1) is 24.7. The Hall–Kier alpha value is -6.89. The Balaban J connectivity index is 1.61. The molecule has 0 radical (unpaired) electrons. The van der Waals surface area contributed by atoms with Gasteiger partial charge in [-0.15, -0.1) is 0 Å². The highest BCUT2D eigenvalue weighted by Crippen LogP contribution is 2.51. The van der Waals surface area contributed by atoms with Gasteiger partial charge >= 0.3 is 0 Å². The molecule has 0 amide bonds. The van der Waals surface area contributed by atoms with Crippen molar-refractivity contribution < 1.29 is 4.39 Å². The van der Waals surface area contributed by atoms with E-state index in [1.165, 1.54) is 0 Å². The van der Waals surface area contributed by atoms with Crippen molar-refractivity contribution in [1.29, 1.82) is 10.5 Å². The normalized spacial score (nSPS) is 16.8. The lowest BCUT2D eigenvalue weighted by atomic mass is 9.75. The van der Waals surface area contributed by atoms with Crippen LogP contribution in [0.1, 0.15) is 0 Å². The van der Waals surface area contributed by atoms with Crippen molar-refractivity contribution in [2.75, 3.05) is 14.7 Å². The summed E-state index contributed by atoms with van der Waals surface area (Å²) < 4.78 is 18.2. The maximum atomic E-state index is 18.2. The van der Waals surface area contributed by atoms with Crippen molar-refractivity contribution in [2.24, 2.45) is 5.92 Å². The lowest BCUT2D eigenvalue weighted by Crippen LogP contribution is -2.54. The molecule has 0 aromatic heterocycles. The number of allylic oxidation sites excluding steroid dienone is 1. The van der Waals surface area contributed by atoms with Gasteiger partial charge in [-0.25, -0.2) is 4.39 Å². The van der Waals surface area contributed by atoms with Gasteiger partial charge in [-0.3, -0.25) is 0 Å². The highest BCUT2D eigenvalue weighted by molar-refractivity contribution is 5.80. The molecule has 0 bridgehead atoms. The molecule has 6 aromatic rings. The summed E-state index contributed by atoms with van der Waals surface area (Å²) in [5, 5.41) is 22.9. The van der Waals surface area contributed by atoms with Gasteiger partial charge in [-0.1, -0.05) is 109 Å². The van der Waals surface area contributed by atoms with E-state index in [9.17, 15) is 10.5 Å². The molecule has 50 heavy (non-hydrogen) atoms. The summed E-state index contributed by atoms with van der Waals surface area (Å²) in [5.74, 6) is -1.94. The monoisotopic (exact) mass is 649 g/mol. The Morgan fingerprint density at radius 1 is 0.460 bits per heavy atom. The number of nitriles is 2. The molecule has 1 aliphatic rings. The average Bonchev–Trinajstić information content (AvgIpc) is 3.19. The van der Waals surface area contributed by atoms with Gasteiger partial charge in [0.2, 0.25) is 0 Å². The molecule has 0 fully saturated rings. The first kappa shape index (κ1) is 31.7. The average molecular weight is 650 g/mol. The fourth-order valence-electron chi connectivity index (χ4n) is 6.60. The Bertz CT molecular complexity index is 2080. The van der Waals surface area contributed by atoms with E-state index in [1.54, 1.807) is 11.0 Å². The van der Waals surface area contributed by atoms with E-state index >= 15 is 4.39 Å². The summed E-state index contributed by atoms with van der Waals surface area (Å²) in [6, 6.07) is 61.9. The highest BCUT2D eigenvalue weighted by atomic mass is 19.1. The molecule has 1 aliphatic carbocycles. The molecule has 6 aromatic carbocycles.